The zero-order valence-corrected chi connectivity index (χ0v) is 21.9. The molecule has 1 aliphatic heterocycles. The summed E-state index contributed by atoms with van der Waals surface area (Å²) in [6, 6.07) is 10.8. The highest BCUT2D eigenvalue weighted by molar-refractivity contribution is 6.08. The fourth-order valence-corrected chi connectivity index (χ4v) is 5.13. The minimum Gasteiger partial charge on any atom is -0.493 e. The van der Waals surface area contributed by atoms with Crippen LogP contribution in [0.1, 0.15) is 42.0 Å². The Morgan fingerprint density at radius 1 is 1.03 bits per heavy atom. The second kappa shape index (κ2) is 10.2. The van der Waals surface area contributed by atoms with E-state index in [9.17, 15) is 4.79 Å². The van der Waals surface area contributed by atoms with Crippen LogP contribution in [0.4, 0.5) is 0 Å². The minimum atomic E-state index is 0.199. The summed E-state index contributed by atoms with van der Waals surface area (Å²) in [5, 5.41) is 0. The summed E-state index contributed by atoms with van der Waals surface area (Å²) in [6.07, 6.45) is 3.58. The number of likely N-dealkylation sites (N-methyl/N-ethyl adjacent to an activating group) is 1. The number of amides is 1. The van der Waals surface area contributed by atoms with Crippen molar-refractivity contribution in [2.24, 2.45) is 0 Å². The number of likely N-dealkylation sites (tertiary alicyclic amines) is 1. The van der Waals surface area contributed by atoms with Gasteiger partial charge in [0.2, 0.25) is 11.7 Å². The molecule has 1 amide bonds. The molecule has 0 spiro atoms. The average molecular weight is 477 g/mol. The highest BCUT2D eigenvalue weighted by atomic mass is 16.5. The third-order valence-electron chi connectivity index (χ3n) is 7.22. The first-order valence-corrected chi connectivity index (χ1v) is 12.0. The Hall–Kier alpha value is -3.25. The molecule has 0 N–H and O–H groups in total. The van der Waals surface area contributed by atoms with Crippen molar-refractivity contribution in [2.75, 3.05) is 48.5 Å². The summed E-state index contributed by atoms with van der Waals surface area (Å²) in [5.41, 5.74) is 7.79. The van der Waals surface area contributed by atoms with Crippen molar-refractivity contribution >= 4 is 23.1 Å². The molecule has 6 heteroatoms. The molecule has 1 fully saturated rings. The molecule has 0 radical (unpaired) electrons. The fraction of sp³-hybridized carbons (Fsp3) is 0.414. The molecule has 6 nitrogen and oxygen atoms in total. The number of allylic oxidation sites excluding steroid dienone is 2. The molecule has 0 unspecified atom stereocenters. The lowest BCUT2D eigenvalue weighted by Gasteiger charge is -2.21. The number of ether oxygens (including phenoxy) is 3. The SMILES string of the molecule is COc1cc(C=C2C(C)=C(CC(=O)N3CC[C@@H](N(C)C)C3)c3cc(C)ccc32)cc(OC)c1OC. The molecule has 0 bridgehead atoms. The number of fused-ring (bicyclic) bond motifs is 1. The van der Waals surface area contributed by atoms with Crippen LogP contribution < -0.4 is 14.2 Å². The van der Waals surface area contributed by atoms with E-state index in [-0.39, 0.29) is 5.91 Å². The van der Waals surface area contributed by atoms with Crippen LogP contribution >= 0.6 is 0 Å². The van der Waals surface area contributed by atoms with E-state index in [4.69, 9.17) is 14.2 Å². The largest absolute Gasteiger partial charge is 0.493 e. The molecule has 1 heterocycles. The van der Waals surface area contributed by atoms with E-state index < -0.39 is 0 Å². The van der Waals surface area contributed by atoms with Crippen molar-refractivity contribution in [3.63, 3.8) is 0 Å². The van der Waals surface area contributed by atoms with Gasteiger partial charge in [-0.3, -0.25) is 4.79 Å². The Balaban J connectivity index is 1.72. The maximum atomic E-state index is 13.3. The number of carbonyl (C=O) groups excluding carboxylic acids is 1. The molecule has 4 rings (SSSR count). The maximum absolute atomic E-state index is 13.3. The van der Waals surface area contributed by atoms with Crippen LogP contribution in [0.25, 0.3) is 17.2 Å². The first-order valence-electron chi connectivity index (χ1n) is 12.0. The van der Waals surface area contributed by atoms with Crippen LogP contribution in [0.3, 0.4) is 0 Å². The standard InChI is InChI=1S/C29H36N2O4/c1-18-8-9-22-23(13-20-14-26(33-5)29(35-7)27(15-20)34-6)19(2)24(25(22)12-18)16-28(32)31-11-10-21(17-31)30(3)4/h8-9,12-15,21H,10-11,16-17H2,1-7H3/t21-/m1/s1. The zero-order valence-electron chi connectivity index (χ0n) is 21.9. The van der Waals surface area contributed by atoms with Gasteiger partial charge in [-0.2, -0.15) is 0 Å². The number of hydrogen-bond donors (Lipinski definition) is 0. The molecular formula is C29H36N2O4. The third-order valence-corrected chi connectivity index (χ3v) is 7.22. The van der Waals surface area contributed by atoms with Gasteiger partial charge in [-0.15, -0.1) is 0 Å². The lowest BCUT2D eigenvalue weighted by atomic mass is 9.98. The molecule has 1 saturated heterocycles. The Labute approximate surface area is 208 Å². The highest BCUT2D eigenvalue weighted by Crippen LogP contribution is 2.45. The smallest absolute Gasteiger partial charge is 0.227 e. The van der Waals surface area contributed by atoms with Crippen molar-refractivity contribution in [2.45, 2.75) is 32.7 Å². The summed E-state index contributed by atoms with van der Waals surface area (Å²) < 4.78 is 16.6. The molecule has 35 heavy (non-hydrogen) atoms. The average Bonchev–Trinajstić information content (AvgIpc) is 3.43. The van der Waals surface area contributed by atoms with E-state index in [1.165, 1.54) is 5.56 Å². The molecule has 2 aromatic rings. The molecule has 2 aliphatic rings. The van der Waals surface area contributed by atoms with Gasteiger partial charge in [0.25, 0.3) is 0 Å². The predicted octanol–water partition coefficient (Wildman–Crippen LogP) is 4.90. The van der Waals surface area contributed by atoms with Crippen molar-refractivity contribution in [1.82, 2.24) is 9.80 Å². The van der Waals surface area contributed by atoms with Crippen LogP contribution in [0, 0.1) is 6.92 Å². The van der Waals surface area contributed by atoms with Gasteiger partial charge >= 0.3 is 0 Å². The normalized spacial score (nSPS) is 18.5. The molecule has 1 aliphatic carbocycles. The van der Waals surface area contributed by atoms with Crippen LogP contribution in [0.5, 0.6) is 17.2 Å². The number of aryl methyl sites for hydroxylation is 1. The van der Waals surface area contributed by atoms with Gasteiger partial charge in [0.15, 0.2) is 11.5 Å². The second-order valence-electron chi connectivity index (χ2n) is 9.59. The number of carbonyl (C=O) groups is 1. The predicted molar refractivity (Wildman–Crippen MR) is 141 cm³/mol. The first kappa shape index (κ1) is 24.9. The first-order chi connectivity index (χ1) is 16.8. The number of nitrogens with zero attached hydrogens (tertiary/aromatic N) is 2. The topological polar surface area (TPSA) is 51.2 Å². The molecule has 0 saturated carbocycles. The number of benzene rings is 2. The molecule has 0 aromatic heterocycles. The van der Waals surface area contributed by atoms with E-state index in [2.05, 4.69) is 57.1 Å². The Morgan fingerprint density at radius 2 is 1.71 bits per heavy atom. The summed E-state index contributed by atoms with van der Waals surface area (Å²) in [7, 11) is 9.01. The number of hydrogen-bond acceptors (Lipinski definition) is 5. The highest BCUT2D eigenvalue weighted by Gasteiger charge is 2.31. The summed E-state index contributed by atoms with van der Waals surface area (Å²) in [5.74, 6) is 2.00. The fourth-order valence-electron chi connectivity index (χ4n) is 5.13. The van der Waals surface area contributed by atoms with Crippen LogP contribution in [-0.2, 0) is 4.79 Å². The van der Waals surface area contributed by atoms with Crippen molar-refractivity contribution in [3.05, 3.63) is 58.2 Å². The molecule has 1 atom stereocenters. The minimum absolute atomic E-state index is 0.199. The third kappa shape index (κ3) is 4.80. The maximum Gasteiger partial charge on any atom is 0.227 e. The Bertz CT molecular complexity index is 1170. The van der Waals surface area contributed by atoms with Gasteiger partial charge in [0.05, 0.1) is 27.8 Å². The van der Waals surface area contributed by atoms with Crippen LogP contribution in [-0.4, -0.2) is 70.3 Å². The van der Waals surface area contributed by atoms with E-state index in [0.717, 1.165) is 52.9 Å². The zero-order chi connectivity index (χ0) is 25.3. The van der Waals surface area contributed by atoms with E-state index in [1.807, 2.05) is 17.0 Å². The van der Waals surface area contributed by atoms with Gasteiger partial charge in [0, 0.05) is 19.1 Å². The van der Waals surface area contributed by atoms with E-state index >= 15 is 0 Å². The van der Waals surface area contributed by atoms with Crippen LogP contribution in [0.2, 0.25) is 0 Å². The monoisotopic (exact) mass is 476 g/mol. The van der Waals surface area contributed by atoms with Crippen molar-refractivity contribution < 1.29 is 19.0 Å². The van der Waals surface area contributed by atoms with Gasteiger partial charge in [0.1, 0.15) is 0 Å². The van der Waals surface area contributed by atoms with E-state index in [1.54, 1.807) is 21.3 Å². The Kier molecular flexibility index (Phi) is 7.22. The van der Waals surface area contributed by atoms with Crippen molar-refractivity contribution in [1.29, 1.82) is 0 Å². The summed E-state index contributed by atoms with van der Waals surface area (Å²) in [6.45, 7) is 5.84. The van der Waals surface area contributed by atoms with Crippen molar-refractivity contribution in [3.8, 4) is 17.2 Å². The van der Waals surface area contributed by atoms with Gasteiger partial charge in [-0.25, -0.2) is 0 Å². The van der Waals surface area contributed by atoms with Gasteiger partial charge < -0.3 is 24.0 Å². The summed E-state index contributed by atoms with van der Waals surface area (Å²) >= 11 is 0. The number of rotatable bonds is 7. The molecule has 186 valence electrons. The lowest BCUT2D eigenvalue weighted by Crippen LogP contribution is -2.34. The Morgan fingerprint density at radius 3 is 2.29 bits per heavy atom. The van der Waals surface area contributed by atoms with Gasteiger partial charge in [-0.1, -0.05) is 23.8 Å². The quantitative estimate of drug-likeness (QED) is 0.569. The van der Waals surface area contributed by atoms with Crippen LogP contribution in [0.15, 0.2) is 35.9 Å². The molecular weight excluding hydrogens is 440 g/mol. The number of methoxy groups -OCH3 is 3. The lowest BCUT2D eigenvalue weighted by molar-refractivity contribution is -0.129. The van der Waals surface area contributed by atoms with E-state index in [0.29, 0.717) is 29.7 Å². The summed E-state index contributed by atoms with van der Waals surface area (Å²) in [4.78, 5) is 17.5. The molecule has 2 aromatic carbocycles. The second-order valence-corrected chi connectivity index (χ2v) is 9.59. The van der Waals surface area contributed by atoms with Gasteiger partial charge in [-0.05, 0) is 86.0 Å².